The van der Waals surface area contributed by atoms with Gasteiger partial charge in [0.2, 0.25) is 17.7 Å². The van der Waals surface area contributed by atoms with E-state index < -0.39 is 53.3 Å². The maximum absolute atomic E-state index is 14.3. The lowest BCUT2D eigenvalue weighted by molar-refractivity contribution is -0.142. The van der Waals surface area contributed by atoms with Crippen molar-refractivity contribution in [3.05, 3.63) is 129 Å². The van der Waals surface area contributed by atoms with Crippen LogP contribution in [0.1, 0.15) is 108 Å². The molecule has 0 saturated carbocycles. The molecule has 3 aliphatic rings. The molecule has 2 saturated heterocycles. The fourth-order valence-corrected chi connectivity index (χ4v) is 12.3. The van der Waals surface area contributed by atoms with Gasteiger partial charge in [-0.1, -0.05) is 57.2 Å². The minimum absolute atomic E-state index is 0.0210. The number of aliphatic hydroxyl groups is 1. The number of aliphatic hydroxyl groups excluding tert-OH is 1. The molecular weight excluding hydrogens is 1030 g/mol. The highest BCUT2D eigenvalue weighted by Gasteiger charge is 2.45. The number of carboxylic acids is 1. The van der Waals surface area contributed by atoms with Crippen molar-refractivity contribution in [2.24, 2.45) is 16.3 Å². The molecule has 7 aromatic rings. The van der Waals surface area contributed by atoms with Crippen molar-refractivity contribution >= 4 is 74.6 Å². The Morgan fingerprint density at radius 3 is 2.32 bits per heavy atom. The van der Waals surface area contributed by atoms with Gasteiger partial charge in [-0.05, 0) is 93.1 Å². The molecule has 5 atom stereocenters. The summed E-state index contributed by atoms with van der Waals surface area (Å²) in [6, 6.07) is 19.4. The number of nitrogens with zero attached hydrogens (tertiary/aromatic N) is 7. The first-order valence-electron chi connectivity index (χ1n) is 25.9. The summed E-state index contributed by atoms with van der Waals surface area (Å²) in [6.07, 6.45) is -1.09. The topological polar surface area (TPSA) is 247 Å². The zero-order valence-corrected chi connectivity index (χ0v) is 46.3. The number of ether oxygens (including phenoxy) is 1. The average molecular weight is 1100 g/mol. The largest absolute Gasteiger partial charge is 0.492 e. The standard InChI is InChI=1S/C57H62N10O9S2/c1-29-32(4)78-56-47(29)48(61-42(24-46(69)70)51-64-63-33(5)67(51)56)35-13-15-39(16-14-35)65-25-38(26-65)52(71)58-19-20-75-41-17-18-44-37(21-41)22-45(76-44)54(73)62-50(57(6,7)8)55(74)66-27-40(68)23-43(66)53(72)60-30(2)34-9-11-36(12-10-34)49-31(3)59-28-77-49/h9-18,21-22,28,30,38,40,42-43,50,68H,19-20,23-27H2,1-8H3,(H,58,71)(H,60,72)(H,62,73)(H,69,70)/t30-,40+,42-,43-,50+/m0/s1. The van der Waals surface area contributed by atoms with E-state index in [1.165, 1.54) is 4.90 Å². The molecule has 0 aliphatic carbocycles. The Morgan fingerprint density at radius 2 is 1.63 bits per heavy atom. The number of likely N-dealkylation sites (tertiary alicyclic amines) is 1. The first kappa shape index (κ1) is 53.6. The van der Waals surface area contributed by atoms with Crippen LogP contribution in [0.5, 0.6) is 5.75 Å². The van der Waals surface area contributed by atoms with Crippen molar-refractivity contribution in [3.8, 4) is 21.2 Å². The Bertz CT molecular complexity index is 3480. The van der Waals surface area contributed by atoms with E-state index in [-0.39, 0.29) is 56.2 Å². The van der Waals surface area contributed by atoms with Gasteiger partial charge in [0.1, 0.15) is 46.9 Å². The van der Waals surface area contributed by atoms with Crippen LogP contribution in [-0.4, -0.2) is 121 Å². The number of aliphatic imine (C=N–C) groups is 1. The van der Waals surface area contributed by atoms with Crippen LogP contribution in [0.3, 0.4) is 0 Å². The molecule has 3 aromatic carbocycles. The van der Waals surface area contributed by atoms with Crippen LogP contribution in [-0.2, 0) is 19.2 Å². The Morgan fingerprint density at radius 1 is 0.897 bits per heavy atom. The lowest BCUT2D eigenvalue weighted by atomic mass is 9.85. The number of nitrogens with one attached hydrogen (secondary N) is 3. The predicted molar refractivity (Wildman–Crippen MR) is 297 cm³/mol. The quantitative estimate of drug-likeness (QED) is 0.0593. The Labute approximate surface area is 458 Å². The maximum Gasteiger partial charge on any atom is 0.306 e. The average Bonchev–Trinajstić information content (AvgIpc) is 4.32. The molecule has 7 heterocycles. The number of benzene rings is 3. The smallest absolute Gasteiger partial charge is 0.306 e. The van der Waals surface area contributed by atoms with Crippen molar-refractivity contribution < 1.29 is 43.3 Å². The number of hydrogen-bond donors (Lipinski definition) is 5. The van der Waals surface area contributed by atoms with Gasteiger partial charge in [-0.3, -0.25) is 33.5 Å². The van der Waals surface area contributed by atoms with Gasteiger partial charge in [-0.25, -0.2) is 4.98 Å². The number of carboxylic acid groups (broad SMARTS) is 1. The van der Waals surface area contributed by atoms with Crippen molar-refractivity contribution in [1.82, 2.24) is 40.6 Å². The summed E-state index contributed by atoms with van der Waals surface area (Å²) < 4.78 is 13.9. The summed E-state index contributed by atoms with van der Waals surface area (Å²) >= 11 is 3.18. The number of β-amino-alcohol motifs (C(OH)–C–C–N with tert-alkyl or cyclic N) is 1. The lowest BCUT2D eigenvalue weighted by Gasteiger charge is -2.40. The van der Waals surface area contributed by atoms with Crippen LogP contribution in [0, 0.1) is 39.0 Å². The summed E-state index contributed by atoms with van der Waals surface area (Å²) in [5.41, 5.74) is 8.84. The number of carbonyl (C=O) groups is 5. The number of thiazole rings is 1. The van der Waals surface area contributed by atoms with E-state index in [0.717, 1.165) is 54.0 Å². The summed E-state index contributed by atoms with van der Waals surface area (Å²) in [5, 5.41) is 39.6. The fraction of sp³-hybridized carbons (Fsp3) is 0.386. The van der Waals surface area contributed by atoms with E-state index in [0.29, 0.717) is 47.2 Å². The molecule has 19 nitrogen and oxygen atoms in total. The maximum atomic E-state index is 14.3. The van der Waals surface area contributed by atoms with E-state index in [2.05, 4.69) is 49.9 Å². The van der Waals surface area contributed by atoms with Gasteiger partial charge in [0.05, 0.1) is 52.8 Å². The third kappa shape index (κ3) is 10.8. The van der Waals surface area contributed by atoms with Gasteiger partial charge in [0, 0.05) is 53.1 Å². The Balaban J connectivity index is 0.707. The number of fused-ring (bicyclic) bond motifs is 4. The minimum atomic E-state index is -1.07. The highest BCUT2D eigenvalue weighted by atomic mass is 32.1. The first-order chi connectivity index (χ1) is 37.2. The lowest BCUT2D eigenvalue weighted by Crippen LogP contribution is -2.57. The van der Waals surface area contributed by atoms with Crippen LogP contribution in [0.4, 0.5) is 5.69 Å². The SMILES string of the molecule is Cc1ncsc1-c1ccc([C@H](C)NC(=O)[C@@H]2C[C@@H](O)CN2C(=O)[C@@H](NC(=O)c2cc3cc(OCCNC(=O)C4CN(c5ccc(C6=N[C@@H](CC(=O)O)c7nnc(C)n7-c7sc(C)c(C)c76)cc5)C4)ccc3o2)C(C)(C)C)cc1. The number of furan rings is 1. The number of hydrogen-bond acceptors (Lipinski definition) is 15. The Kier molecular flexibility index (Phi) is 14.8. The van der Waals surface area contributed by atoms with E-state index >= 15 is 0 Å². The van der Waals surface area contributed by atoms with Crippen molar-refractivity contribution in [2.75, 3.05) is 37.7 Å². The molecule has 10 rings (SSSR count). The van der Waals surface area contributed by atoms with Gasteiger partial charge in [-0.2, -0.15) is 0 Å². The second kappa shape index (κ2) is 21.6. The molecule has 78 heavy (non-hydrogen) atoms. The molecule has 406 valence electrons. The molecule has 2 fully saturated rings. The van der Waals surface area contributed by atoms with Gasteiger partial charge >= 0.3 is 5.97 Å². The van der Waals surface area contributed by atoms with E-state index in [1.807, 2.05) is 100 Å². The third-order valence-electron chi connectivity index (χ3n) is 14.8. The van der Waals surface area contributed by atoms with Crippen molar-refractivity contribution in [2.45, 2.75) is 98.5 Å². The van der Waals surface area contributed by atoms with E-state index in [4.69, 9.17) is 14.1 Å². The van der Waals surface area contributed by atoms with Crippen LogP contribution >= 0.6 is 22.7 Å². The number of aryl methyl sites for hydroxylation is 3. The normalized spacial score (nSPS) is 18.1. The molecular formula is C57H62N10O9S2. The number of anilines is 1. The number of rotatable bonds is 16. The third-order valence-corrected chi connectivity index (χ3v) is 16.9. The first-order valence-corrected chi connectivity index (χ1v) is 27.6. The number of thiophene rings is 1. The minimum Gasteiger partial charge on any atom is -0.492 e. The molecule has 0 bridgehead atoms. The molecule has 0 spiro atoms. The number of carbonyl (C=O) groups excluding carboxylic acids is 4. The molecule has 3 aliphatic heterocycles. The molecule has 0 radical (unpaired) electrons. The monoisotopic (exact) mass is 1090 g/mol. The zero-order chi connectivity index (χ0) is 55.3. The van der Waals surface area contributed by atoms with E-state index in [1.54, 1.807) is 46.9 Å². The highest BCUT2D eigenvalue weighted by Crippen LogP contribution is 2.40. The summed E-state index contributed by atoms with van der Waals surface area (Å²) in [4.78, 5) is 82.2. The van der Waals surface area contributed by atoms with Gasteiger partial charge < -0.3 is 45.1 Å². The number of amides is 4. The predicted octanol–water partition coefficient (Wildman–Crippen LogP) is 7.41. The van der Waals surface area contributed by atoms with Crippen molar-refractivity contribution in [1.29, 1.82) is 0 Å². The van der Waals surface area contributed by atoms with Crippen LogP contribution in [0.2, 0.25) is 0 Å². The van der Waals surface area contributed by atoms with Gasteiger partial charge in [-0.15, -0.1) is 32.9 Å². The van der Waals surface area contributed by atoms with E-state index in [9.17, 15) is 34.2 Å². The van der Waals surface area contributed by atoms with Crippen LogP contribution < -0.4 is 25.6 Å². The summed E-state index contributed by atoms with van der Waals surface area (Å²) in [6.45, 7) is 16.7. The Hall–Kier alpha value is -7.75. The van der Waals surface area contributed by atoms with Gasteiger partial charge in [0.15, 0.2) is 11.6 Å². The molecule has 4 amide bonds. The highest BCUT2D eigenvalue weighted by molar-refractivity contribution is 7.15. The molecule has 5 N–H and O–H groups in total. The zero-order valence-electron chi connectivity index (χ0n) is 44.6. The summed E-state index contributed by atoms with van der Waals surface area (Å²) in [7, 11) is 0. The molecule has 4 aromatic heterocycles. The summed E-state index contributed by atoms with van der Waals surface area (Å²) in [5.74, 6) is -1.12. The fourth-order valence-electron chi connectivity index (χ4n) is 10.3. The molecule has 0 unspecified atom stereocenters. The molecule has 21 heteroatoms. The number of aliphatic carboxylic acids is 1. The van der Waals surface area contributed by atoms with Crippen LogP contribution in [0.25, 0.3) is 26.4 Å². The second-order valence-corrected chi connectivity index (χ2v) is 23.4. The number of aromatic nitrogens is 4. The van der Waals surface area contributed by atoms with Crippen LogP contribution in [0.15, 0.2) is 87.7 Å². The van der Waals surface area contributed by atoms with Gasteiger partial charge in [0.25, 0.3) is 5.91 Å². The second-order valence-electron chi connectivity index (χ2n) is 21.4. The van der Waals surface area contributed by atoms with Crippen molar-refractivity contribution in [3.63, 3.8) is 0 Å².